The Bertz CT molecular complexity index is 797. The lowest BCUT2D eigenvalue weighted by atomic mass is 9.96. The van der Waals surface area contributed by atoms with Crippen LogP contribution in [0.5, 0.6) is 0 Å². The Balaban J connectivity index is 1.82. The van der Waals surface area contributed by atoms with E-state index in [-0.39, 0.29) is 12.4 Å². The van der Waals surface area contributed by atoms with Crippen molar-refractivity contribution in [2.75, 3.05) is 11.9 Å². The Morgan fingerprint density at radius 1 is 1.27 bits per heavy atom. The standard InChI is InChI=1S/C15H16FN5O/c1-15(22,10-3-5-11(16)6-4-10)8-17-13-12-7-20-21(2)14(12)19-9-18-13/h3-7,9,22H,8H2,1-2H3,(H,17,18,19). The van der Waals surface area contributed by atoms with Crippen LogP contribution in [0.15, 0.2) is 36.8 Å². The molecule has 3 rings (SSSR count). The molecule has 0 amide bonds. The van der Waals surface area contributed by atoms with Crippen molar-refractivity contribution in [1.29, 1.82) is 0 Å². The second-order valence-electron chi connectivity index (χ2n) is 5.36. The van der Waals surface area contributed by atoms with Gasteiger partial charge in [-0.15, -0.1) is 0 Å². The number of fused-ring (bicyclic) bond motifs is 1. The SMILES string of the molecule is Cn1ncc2c(NCC(C)(O)c3ccc(F)cc3)ncnc21. The smallest absolute Gasteiger partial charge is 0.163 e. The van der Waals surface area contributed by atoms with Crippen LogP contribution < -0.4 is 5.32 Å². The first kappa shape index (κ1) is 14.4. The van der Waals surface area contributed by atoms with E-state index < -0.39 is 5.60 Å². The lowest BCUT2D eigenvalue weighted by molar-refractivity contribution is 0.0714. The lowest BCUT2D eigenvalue weighted by Crippen LogP contribution is -2.31. The number of hydrogen-bond acceptors (Lipinski definition) is 5. The Morgan fingerprint density at radius 3 is 2.73 bits per heavy atom. The highest BCUT2D eigenvalue weighted by molar-refractivity contribution is 5.85. The number of aromatic nitrogens is 4. The van der Waals surface area contributed by atoms with E-state index in [9.17, 15) is 9.50 Å². The largest absolute Gasteiger partial charge is 0.384 e. The number of benzene rings is 1. The van der Waals surface area contributed by atoms with Crippen molar-refractivity contribution in [3.05, 3.63) is 48.2 Å². The Labute approximate surface area is 126 Å². The minimum absolute atomic E-state index is 0.222. The second-order valence-corrected chi connectivity index (χ2v) is 5.36. The highest BCUT2D eigenvalue weighted by Gasteiger charge is 2.23. The van der Waals surface area contributed by atoms with Gasteiger partial charge in [-0.2, -0.15) is 5.10 Å². The molecule has 0 spiro atoms. The summed E-state index contributed by atoms with van der Waals surface area (Å²) in [5, 5.41) is 18.6. The van der Waals surface area contributed by atoms with Crippen LogP contribution >= 0.6 is 0 Å². The predicted octanol–water partition coefficient (Wildman–Crippen LogP) is 1.82. The van der Waals surface area contributed by atoms with Crippen LogP contribution in [0.4, 0.5) is 10.2 Å². The fourth-order valence-corrected chi connectivity index (χ4v) is 2.27. The Hall–Kier alpha value is -2.54. The number of hydrogen-bond donors (Lipinski definition) is 2. The summed E-state index contributed by atoms with van der Waals surface area (Å²) >= 11 is 0. The molecule has 0 fully saturated rings. The van der Waals surface area contributed by atoms with E-state index >= 15 is 0 Å². The van der Waals surface area contributed by atoms with E-state index in [1.807, 2.05) is 0 Å². The van der Waals surface area contributed by atoms with E-state index in [4.69, 9.17) is 0 Å². The first-order valence-corrected chi connectivity index (χ1v) is 6.82. The topological polar surface area (TPSA) is 75.9 Å². The van der Waals surface area contributed by atoms with Crippen molar-refractivity contribution in [3.8, 4) is 0 Å². The van der Waals surface area contributed by atoms with Gasteiger partial charge in [-0.05, 0) is 24.6 Å². The van der Waals surface area contributed by atoms with Gasteiger partial charge < -0.3 is 10.4 Å². The molecule has 0 aliphatic rings. The average Bonchev–Trinajstić information content (AvgIpc) is 2.88. The summed E-state index contributed by atoms with van der Waals surface area (Å²) in [5.41, 5.74) is 0.171. The number of anilines is 1. The molecule has 0 aliphatic heterocycles. The minimum atomic E-state index is -1.16. The third kappa shape index (κ3) is 2.62. The Kier molecular flexibility index (Phi) is 3.50. The van der Waals surface area contributed by atoms with Gasteiger partial charge in [0.15, 0.2) is 5.65 Å². The number of nitrogens with zero attached hydrogens (tertiary/aromatic N) is 4. The summed E-state index contributed by atoms with van der Waals surface area (Å²) in [6, 6.07) is 5.79. The number of halogens is 1. The third-order valence-corrected chi connectivity index (χ3v) is 3.60. The van der Waals surface area contributed by atoms with Gasteiger partial charge >= 0.3 is 0 Å². The molecule has 2 aromatic heterocycles. The fourth-order valence-electron chi connectivity index (χ4n) is 2.27. The van der Waals surface area contributed by atoms with Crippen LogP contribution in [-0.4, -0.2) is 31.4 Å². The van der Waals surface area contributed by atoms with Crippen LogP contribution in [0, 0.1) is 5.82 Å². The molecule has 1 unspecified atom stereocenters. The summed E-state index contributed by atoms with van der Waals surface area (Å²) in [4.78, 5) is 8.34. The Morgan fingerprint density at radius 2 is 2.00 bits per heavy atom. The second kappa shape index (κ2) is 5.34. The summed E-state index contributed by atoms with van der Waals surface area (Å²) in [5.74, 6) is 0.265. The van der Waals surface area contributed by atoms with Gasteiger partial charge in [-0.3, -0.25) is 4.68 Å². The van der Waals surface area contributed by atoms with Gasteiger partial charge in [0.25, 0.3) is 0 Å². The van der Waals surface area contributed by atoms with Crippen LogP contribution in [0.1, 0.15) is 12.5 Å². The van der Waals surface area contributed by atoms with Gasteiger partial charge in [-0.1, -0.05) is 12.1 Å². The summed E-state index contributed by atoms with van der Waals surface area (Å²) < 4.78 is 14.6. The van der Waals surface area contributed by atoms with Crippen LogP contribution in [0.3, 0.4) is 0 Å². The van der Waals surface area contributed by atoms with Gasteiger partial charge in [-0.25, -0.2) is 14.4 Å². The van der Waals surface area contributed by atoms with E-state index in [1.54, 1.807) is 37.0 Å². The first-order chi connectivity index (χ1) is 10.5. The van der Waals surface area contributed by atoms with Crippen molar-refractivity contribution in [3.63, 3.8) is 0 Å². The molecule has 0 radical (unpaired) electrons. The molecular formula is C15H16FN5O. The molecule has 0 saturated carbocycles. The van der Waals surface area contributed by atoms with Crippen LogP contribution in [0.25, 0.3) is 11.0 Å². The van der Waals surface area contributed by atoms with Crippen LogP contribution in [-0.2, 0) is 12.6 Å². The zero-order chi connectivity index (χ0) is 15.7. The highest BCUT2D eigenvalue weighted by Crippen LogP contribution is 2.23. The van der Waals surface area contributed by atoms with Crippen LogP contribution in [0.2, 0.25) is 0 Å². The number of rotatable bonds is 4. The molecular weight excluding hydrogens is 285 g/mol. The van der Waals surface area contributed by atoms with Crippen molar-refractivity contribution in [2.24, 2.45) is 7.05 Å². The van der Waals surface area contributed by atoms with E-state index in [2.05, 4.69) is 20.4 Å². The minimum Gasteiger partial charge on any atom is -0.384 e. The molecule has 0 aliphatic carbocycles. The van der Waals surface area contributed by atoms with Crippen molar-refractivity contribution in [1.82, 2.24) is 19.7 Å². The van der Waals surface area contributed by atoms with Crippen molar-refractivity contribution >= 4 is 16.9 Å². The molecule has 7 heteroatoms. The third-order valence-electron chi connectivity index (χ3n) is 3.60. The normalized spacial score (nSPS) is 14.0. The molecule has 3 aromatic rings. The maximum atomic E-state index is 13.0. The molecule has 2 N–H and O–H groups in total. The molecule has 1 aromatic carbocycles. The quantitative estimate of drug-likeness (QED) is 0.769. The summed E-state index contributed by atoms with van der Waals surface area (Å²) in [6.07, 6.45) is 3.11. The first-order valence-electron chi connectivity index (χ1n) is 6.82. The lowest BCUT2D eigenvalue weighted by Gasteiger charge is -2.24. The number of aliphatic hydroxyl groups is 1. The highest BCUT2D eigenvalue weighted by atomic mass is 19.1. The summed E-state index contributed by atoms with van der Waals surface area (Å²) in [6.45, 7) is 1.88. The van der Waals surface area contributed by atoms with Gasteiger partial charge in [0, 0.05) is 13.6 Å². The van der Waals surface area contributed by atoms with E-state index in [1.165, 1.54) is 18.5 Å². The van der Waals surface area contributed by atoms with Gasteiger partial charge in [0.05, 0.1) is 11.6 Å². The molecule has 1 atom stereocenters. The zero-order valence-corrected chi connectivity index (χ0v) is 12.3. The molecule has 0 bridgehead atoms. The zero-order valence-electron chi connectivity index (χ0n) is 12.3. The molecule has 6 nitrogen and oxygen atoms in total. The van der Waals surface area contributed by atoms with Crippen molar-refractivity contribution < 1.29 is 9.50 Å². The molecule has 114 valence electrons. The molecule has 0 saturated heterocycles. The molecule has 22 heavy (non-hydrogen) atoms. The number of aryl methyl sites for hydroxylation is 1. The van der Waals surface area contributed by atoms with E-state index in [0.717, 1.165) is 5.39 Å². The van der Waals surface area contributed by atoms with Gasteiger partial charge in [0.1, 0.15) is 23.6 Å². The van der Waals surface area contributed by atoms with Crippen molar-refractivity contribution in [2.45, 2.75) is 12.5 Å². The summed E-state index contributed by atoms with van der Waals surface area (Å²) in [7, 11) is 1.80. The van der Waals surface area contributed by atoms with Gasteiger partial charge in [0.2, 0.25) is 0 Å². The predicted molar refractivity (Wildman–Crippen MR) is 80.8 cm³/mol. The molecule has 2 heterocycles. The maximum absolute atomic E-state index is 13.0. The fraction of sp³-hybridized carbons (Fsp3) is 0.267. The monoisotopic (exact) mass is 301 g/mol. The maximum Gasteiger partial charge on any atom is 0.163 e. The number of nitrogens with one attached hydrogen (secondary N) is 1. The average molecular weight is 301 g/mol. The van der Waals surface area contributed by atoms with E-state index in [0.29, 0.717) is 17.0 Å².